The van der Waals surface area contributed by atoms with Crippen LogP contribution in [0.25, 0.3) is 21.5 Å². The van der Waals surface area contributed by atoms with Crippen LogP contribution in [0.15, 0.2) is 75.0 Å². The van der Waals surface area contributed by atoms with Crippen molar-refractivity contribution in [3.63, 3.8) is 0 Å². The zero-order valence-corrected chi connectivity index (χ0v) is 39.8. The molecule has 352 valence electrons. The average molecular weight is 889 g/mol. The van der Waals surface area contributed by atoms with Crippen LogP contribution >= 0.6 is 0 Å². The lowest BCUT2D eigenvalue weighted by molar-refractivity contribution is -0.125. The lowest BCUT2D eigenvalue weighted by Crippen LogP contribution is -2.47. The topological polar surface area (TPSA) is 143 Å². The third-order valence-electron chi connectivity index (χ3n) is 16.6. The van der Waals surface area contributed by atoms with Crippen LogP contribution in [0.4, 0.5) is 11.4 Å². The molecule has 2 amide bonds. The molecule has 12 rings (SSSR count). The highest BCUT2D eigenvalue weighted by atomic mass is 16.4. The normalized spacial score (nSPS) is 28.0. The molecule has 8 bridgehead atoms. The fourth-order valence-electron chi connectivity index (χ4n) is 14.5. The number of carbonyl (C=O) groups is 2. The molecule has 0 radical (unpaired) electrons. The Morgan fingerprint density at radius 2 is 1.05 bits per heavy atom. The first-order chi connectivity index (χ1) is 31.4. The number of pyridine rings is 1. The van der Waals surface area contributed by atoms with E-state index in [-0.39, 0.29) is 33.8 Å². The van der Waals surface area contributed by atoms with Crippen LogP contribution in [0.2, 0.25) is 0 Å². The predicted molar refractivity (Wildman–Crippen MR) is 263 cm³/mol. The first kappa shape index (κ1) is 47.2. The van der Waals surface area contributed by atoms with Gasteiger partial charge in [0.2, 0.25) is 11.8 Å². The van der Waals surface area contributed by atoms with Crippen molar-refractivity contribution in [2.75, 3.05) is 56.4 Å². The van der Waals surface area contributed by atoms with Gasteiger partial charge in [-0.05, 0) is 186 Å². The number of likely N-dealkylation sites (N-methyl/N-ethyl adjacent to an activating group) is 2. The van der Waals surface area contributed by atoms with E-state index in [1.165, 1.54) is 83.3 Å². The van der Waals surface area contributed by atoms with Gasteiger partial charge in [0.05, 0.1) is 11.6 Å². The molecule has 2 heterocycles. The third-order valence-corrected chi connectivity index (χ3v) is 16.6. The molecule has 0 atom stereocenters. The Morgan fingerprint density at radius 1 is 0.615 bits per heavy atom. The molecule has 8 aliphatic carbocycles. The summed E-state index contributed by atoms with van der Waals surface area (Å²) in [4.78, 5) is 55.5. The van der Waals surface area contributed by atoms with Crippen LogP contribution < -0.4 is 27.6 Å². The molecule has 0 unspecified atom stereocenters. The fourth-order valence-corrected chi connectivity index (χ4v) is 14.5. The Morgan fingerprint density at radius 3 is 1.48 bits per heavy atom. The van der Waals surface area contributed by atoms with Crippen LogP contribution in [-0.2, 0) is 16.1 Å². The number of hydrogen-bond donors (Lipinski definition) is 3. The zero-order chi connectivity index (χ0) is 45.7. The fraction of sp³-hybridized carbons (Fsp3) is 0.630. The van der Waals surface area contributed by atoms with E-state index >= 15 is 0 Å². The first-order valence-electron chi connectivity index (χ1n) is 25.3. The monoisotopic (exact) mass is 889 g/mol. The van der Waals surface area contributed by atoms with Crippen LogP contribution in [0.1, 0.15) is 118 Å². The van der Waals surface area contributed by atoms with Crippen molar-refractivity contribution in [3.8, 4) is 0 Å². The second kappa shape index (κ2) is 20.7. The van der Waals surface area contributed by atoms with Crippen molar-refractivity contribution in [2.45, 2.75) is 124 Å². The summed E-state index contributed by atoms with van der Waals surface area (Å²) < 4.78 is 6.72. The van der Waals surface area contributed by atoms with Crippen molar-refractivity contribution < 1.29 is 14.0 Å². The maximum Gasteiger partial charge on any atom is 0.343 e. The van der Waals surface area contributed by atoms with E-state index in [0.29, 0.717) is 35.8 Å². The lowest BCUT2D eigenvalue weighted by Gasteiger charge is -2.56. The first-order valence-corrected chi connectivity index (χ1v) is 25.3. The lowest BCUT2D eigenvalue weighted by atomic mass is 9.49. The van der Waals surface area contributed by atoms with E-state index in [0.717, 1.165) is 97.8 Å². The summed E-state index contributed by atoms with van der Waals surface area (Å²) in [6.07, 6.45) is 20.3. The van der Waals surface area contributed by atoms with Crippen LogP contribution in [0.5, 0.6) is 0 Å². The summed E-state index contributed by atoms with van der Waals surface area (Å²) in [7, 11) is 0. The van der Waals surface area contributed by atoms with Gasteiger partial charge < -0.3 is 35.2 Å². The van der Waals surface area contributed by atoms with Gasteiger partial charge in [-0.15, -0.1) is 0 Å². The summed E-state index contributed by atoms with van der Waals surface area (Å²) in [6, 6.07) is 14.8. The summed E-state index contributed by atoms with van der Waals surface area (Å²) in [5.41, 5.74) is 6.92. The van der Waals surface area contributed by atoms with E-state index < -0.39 is 0 Å². The molecule has 65 heavy (non-hydrogen) atoms. The standard InChI is InChI=1S/C27H37N3O2.C21H23NO3.C6H16N2/c1-3-29(4-2)10-11-30-9-8-22-23(26(30)32)6-5-7-24(22)28-25(31)18-27-15-19-12-20(16-27)14-21(13-19)17-27;23-19(12-21-9-13-6-14(10-21)8-15(7-13)11-21)22-18-3-1-2-17-16(18)4-5-25-20(17)24;1-3-8(4-2)6-5-7/h5-9,19-21H,3-4,10-18H2,1-2H3,(H,28,31);1-5,13-15H,6-12H2,(H,22,23);3-7H2,1-2H3. The van der Waals surface area contributed by atoms with E-state index in [1.807, 2.05) is 36.5 Å². The van der Waals surface area contributed by atoms with Crippen molar-refractivity contribution in [1.29, 1.82) is 0 Å². The van der Waals surface area contributed by atoms with Gasteiger partial charge in [0.15, 0.2) is 0 Å². The number of nitrogens with zero attached hydrogens (tertiary/aromatic N) is 3. The number of nitrogens with one attached hydrogen (secondary N) is 2. The van der Waals surface area contributed by atoms with Gasteiger partial charge in [-0.2, -0.15) is 0 Å². The minimum absolute atomic E-state index is 0.0202. The van der Waals surface area contributed by atoms with Crippen LogP contribution in [0.3, 0.4) is 0 Å². The number of nitrogens with two attached hydrogens (primary N) is 1. The summed E-state index contributed by atoms with van der Waals surface area (Å²) in [5.74, 6) is 5.29. The minimum Gasteiger partial charge on any atom is -0.431 e. The summed E-state index contributed by atoms with van der Waals surface area (Å²) in [6.45, 7) is 16.2. The molecular formula is C54H76N6O5. The Hall–Kier alpha value is -4.32. The van der Waals surface area contributed by atoms with Gasteiger partial charge in [0, 0.05) is 72.8 Å². The van der Waals surface area contributed by atoms with Crippen molar-refractivity contribution >= 4 is 44.7 Å². The maximum atomic E-state index is 13.1. The highest BCUT2D eigenvalue weighted by molar-refractivity contribution is 6.03. The number of rotatable bonds is 15. The zero-order valence-electron chi connectivity index (χ0n) is 39.8. The Kier molecular flexibility index (Phi) is 15.0. The van der Waals surface area contributed by atoms with Gasteiger partial charge in [-0.3, -0.25) is 14.4 Å². The highest BCUT2D eigenvalue weighted by Crippen LogP contribution is 2.62. The summed E-state index contributed by atoms with van der Waals surface area (Å²) >= 11 is 0. The molecule has 2 aromatic heterocycles. The Balaban J connectivity index is 0.000000155. The maximum absolute atomic E-state index is 13.1. The number of carbonyl (C=O) groups excluding carboxylic acids is 2. The number of anilines is 2. The van der Waals surface area contributed by atoms with Crippen LogP contribution in [-0.4, -0.2) is 72.0 Å². The quantitative estimate of drug-likeness (QED) is 0.107. The van der Waals surface area contributed by atoms with E-state index in [9.17, 15) is 19.2 Å². The van der Waals surface area contributed by atoms with Gasteiger partial charge >= 0.3 is 5.63 Å². The van der Waals surface area contributed by atoms with Gasteiger partial charge in [-0.25, -0.2) is 4.79 Å². The minimum atomic E-state index is -0.366. The number of fused-ring (bicyclic) bond motifs is 2. The average Bonchev–Trinajstić information content (AvgIpc) is 3.26. The molecule has 0 aliphatic heterocycles. The van der Waals surface area contributed by atoms with Crippen molar-refractivity contribution in [1.82, 2.24) is 14.4 Å². The Bertz CT molecular complexity index is 2330. The molecule has 4 aromatic rings. The van der Waals surface area contributed by atoms with Gasteiger partial charge in [-0.1, -0.05) is 39.8 Å². The predicted octanol–water partition coefficient (Wildman–Crippen LogP) is 9.51. The molecule has 8 fully saturated rings. The van der Waals surface area contributed by atoms with Crippen molar-refractivity contribution in [3.05, 3.63) is 81.8 Å². The molecule has 8 saturated carbocycles. The SMILES string of the molecule is CCN(CC)CCN.CCN(CC)CCn1ccc2c(NC(=O)CC34CC5CC(CC(C5)C3)C4)cccc2c1=O.O=C(CC12CC3CC(CC(C3)C1)C2)Nc1cccc2c(=O)occc12. The van der Waals surface area contributed by atoms with Crippen molar-refractivity contribution in [2.24, 2.45) is 52.1 Å². The highest BCUT2D eigenvalue weighted by Gasteiger charge is 2.52. The molecular weight excluding hydrogens is 813 g/mol. The number of aromatic nitrogens is 1. The van der Waals surface area contributed by atoms with Gasteiger partial charge in [0.1, 0.15) is 0 Å². The Labute approximate surface area is 386 Å². The van der Waals surface area contributed by atoms with E-state index in [1.54, 1.807) is 22.8 Å². The van der Waals surface area contributed by atoms with Crippen LogP contribution in [0, 0.1) is 46.3 Å². The third kappa shape index (κ3) is 10.9. The molecule has 0 spiro atoms. The molecule has 11 heteroatoms. The second-order valence-electron chi connectivity index (χ2n) is 21.2. The van der Waals surface area contributed by atoms with Gasteiger partial charge in [0.25, 0.3) is 5.56 Å². The smallest absolute Gasteiger partial charge is 0.343 e. The summed E-state index contributed by atoms with van der Waals surface area (Å²) in [5, 5.41) is 9.03. The number of amides is 2. The second-order valence-corrected chi connectivity index (χ2v) is 21.2. The molecule has 4 N–H and O–H groups in total. The number of benzene rings is 2. The van der Waals surface area contributed by atoms with E-state index in [2.05, 4.69) is 48.1 Å². The molecule has 8 aliphatic rings. The number of hydrogen-bond acceptors (Lipinski definition) is 8. The van der Waals surface area contributed by atoms with E-state index in [4.69, 9.17) is 10.2 Å². The largest absolute Gasteiger partial charge is 0.431 e. The molecule has 11 nitrogen and oxygen atoms in total. The molecule has 0 saturated heterocycles. The molecule has 2 aromatic carbocycles.